The number of H-pyrrole nitrogens is 1. The number of hydrogen-bond acceptors (Lipinski definition) is 3. The molecular formula is C14H19N3O. The van der Waals surface area contributed by atoms with E-state index in [1.807, 2.05) is 0 Å². The van der Waals surface area contributed by atoms with Crippen LogP contribution >= 0.6 is 0 Å². The highest BCUT2D eigenvalue weighted by molar-refractivity contribution is 5.80. The van der Waals surface area contributed by atoms with Gasteiger partial charge < -0.3 is 14.6 Å². The third-order valence-corrected chi connectivity index (χ3v) is 3.72. The molecule has 0 saturated carbocycles. The third-order valence-electron chi connectivity index (χ3n) is 3.72. The lowest BCUT2D eigenvalue weighted by molar-refractivity contribution is 0.344. The number of likely N-dealkylation sites (tertiary alicyclic amines) is 1. The molecule has 18 heavy (non-hydrogen) atoms. The van der Waals surface area contributed by atoms with Gasteiger partial charge in [0.1, 0.15) is 11.4 Å². The molecule has 0 amide bonds. The van der Waals surface area contributed by atoms with Crippen molar-refractivity contribution in [3.63, 3.8) is 0 Å². The van der Waals surface area contributed by atoms with Crippen molar-refractivity contribution < 1.29 is 4.74 Å². The quantitative estimate of drug-likeness (QED) is 0.898. The van der Waals surface area contributed by atoms with Crippen molar-refractivity contribution in [2.45, 2.75) is 19.3 Å². The summed E-state index contributed by atoms with van der Waals surface area (Å²) in [6.07, 6.45) is 7.61. The largest absolute Gasteiger partial charge is 0.495 e. The molecule has 1 aliphatic heterocycles. The topological polar surface area (TPSA) is 41.1 Å². The zero-order valence-electron chi connectivity index (χ0n) is 10.8. The van der Waals surface area contributed by atoms with Gasteiger partial charge in [-0.1, -0.05) is 0 Å². The smallest absolute Gasteiger partial charge is 0.137 e. The summed E-state index contributed by atoms with van der Waals surface area (Å²) in [4.78, 5) is 10.1. The van der Waals surface area contributed by atoms with E-state index < -0.39 is 0 Å². The average Bonchev–Trinajstić information content (AvgIpc) is 3.05. The van der Waals surface area contributed by atoms with E-state index in [-0.39, 0.29) is 0 Å². The van der Waals surface area contributed by atoms with Gasteiger partial charge in [0.15, 0.2) is 0 Å². The number of aromatic amines is 1. The van der Waals surface area contributed by atoms with Gasteiger partial charge in [0.05, 0.1) is 13.3 Å². The first-order valence-corrected chi connectivity index (χ1v) is 6.59. The first kappa shape index (κ1) is 11.5. The first-order valence-electron chi connectivity index (χ1n) is 6.59. The zero-order valence-corrected chi connectivity index (χ0v) is 10.8. The Morgan fingerprint density at radius 3 is 3.00 bits per heavy atom. The number of nitrogens with zero attached hydrogens (tertiary/aromatic N) is 2. The standard InChI is InChI=1S/C14H19N3O/c1-18-12-8-13-11(9-15-14(13)16-10-12)4-7-17-5-2-3-6-17/h8-10H,2-7H2,1H3,(H,15,16). The number of hydrogen-bond donors (Lipinski definition) is 1. The molecule has 0 unspecified atom stereocenters. The van der Waals surface area contributed by atoms with Crippen LogP contribution in [0, 0.1) is 0 Å². The van der Waals surface area contributed by atoms with Crippen molar-refractivity contribution in [2.24, 2.45) is 0 Å². The Morgan fingerprint density at radius 2 is 2.22 bits per heavy atom. The second-order valence-corrected chi connectivity index (χ2v) is 4.88. The molecular weight excluding hydrogens is 226 g/mol. The molecule has 0 radical (unpaired) electrons. The Hall–Kier alpha value is -1.55. The lowest BCUT2D eigenvalue weighted by atomic mass is 10.1. The molecule has 0 atom stereocenters. The number of methoxy groups -OCH3 is 1. The van der Waals surface area contributed by atoms with Crippen LogP contribution in [0.5, 0.6) is 5.75 Å². The maximum absolute atomic E-state index is 5.24. The number of nitrogens with one attached hydrogen (secondary N) is 1. The Balaban J connectivity index is 1.78. The third kappa shape index (κ3) is 2.20. The molecule has 2 aromatic rings. The van der Waals surface area contributed by atoms with Gasteiger partial charge in [-0.15, -0.1) is 0 Å². The van der Waals surface area contributed by atoms with E-state index in [0.717, 1.165) is 24.4 Å². The maximum Gasteiger partial charge on any atom is 0.137 e. The van der Waals surface area contributed by atoms with Gasteiger partial charge in [0, 0.05) is 18.1 Å². The highest BCUT2D eigenvalue weighted by Gasteiger charge is 2.12. The lowest BCUT2D eigenvalue weighted by Gasteiger charge is -2.13. The van der Waals surface area contributed by atoms with Crippen molar-refractivity contribution in [3.8, 4) is 5.75 Å². The molecule has 0 aliphatic carbocycles. The number of aromatic nitrogens is 2. The van der Waals surface area contributed by atoms with Crippen molar-refractivity contribution in [3.05, 3.63) is 24.0 Å². The van der Waals surface area contributed by atoms with E-state index in [9.17, 15) is 0 Å². The van der Waals surface area contributed by atoms with Crippen molar-refractivity contribution in [1.82, 2.24) is 14.9 Å². The molecule has 0 spiro atoms. The van der Waals surface area contributed by atoms with Crippen molar-refractivity contribution >= 4 is 11.0 Å². The fourth-order valence-corrected chi connectivity index (χ4v) is 2.64. The molecule has 1 N–H and O–H groups in total. The van der Waals surface area contributed by atoms with E-state index in [0.29, 0.717) is 0 Å². The zero-order chi connectivity index (χ0) is 12.4. The van der Waals surface area contributed by atoms with Gasteiger partial charge in [0.25, 0.3) is 0 Å². The number of rotatable bonds is 4. The van der Waals surface area contributed by atoms with Crippen molar-refractivity contribution in [2.75, 3.05) is 26.7 Å². The highest BCUT2D eigenvalue weighted by Crippen LogP contribution is 2.22. The molecule has 0 bridgehead atoms. The predicted molar refractivity (Wildman–Crippen MR) is 72.0 cm³/mol. The average molecular weight is 245 g/mol. The molecule has 1 saturated heterocycles. The van der Waals surface area contributed by atoms with Crippen LogP contribution in [-0.4, -0.2) is 41.6 Å². The molecule has 4 nitrogen and oxygen atoms in total. The summed E-state index contributed by atoms with van der Waals surface area (Å²) in [7, 11) is 1.68. The highest BCUT2D eigenvalue weighted by atomic mass is 16.5. The Morgan fingerprint density at radius 1 is 1.39 bits per heavy atom. The van der Waals surface area contributed by atoms with E-state index in [4.69, 9.17) is 4.74 Å². The monoisotopic (exact) mass is 245 g/mol. The fraction of sp³-hybridized carbons (Fsp3) is 0.500. The van der Waals surface area contributed by atoms with Crippen LogP contribution in [0.4, 0.5) is 0 Å². The van der Waals surface area contributed by atoms with Gasteiger partial charge in [-0.25, -0.2) is 4.98 Å². The maximum atomic E-state index is 5.24. The number of fused-ring (bicyclic) bond motifs is 1. The van der Waals surface area contributed by atoms with Gasteiger partial charge >= 0.3 is 0 Å². The lowest BCUT2D eigenvalue weighted by Crippen LogP contribution is -2.21. The summed E-state index contributed by atoms with van der Waals surface area (Å²) in [5.41, 5.74) is 2.29. The summed E-state index contributed by atoms with van der Waals surface area (Å²) < 4.78 is 5.24. The minimum Gasteiger partial charge on any atom is -0.495 e. The normalized spacial score (nSPS) is 16.5. The Kier molecular flexibility index (Phi) is 3.19. The Labute approximate surface area is 107 Å². The van der Waals surface area contributed by atoms with Gasteiger partial charge in [-0.2, -0.15) is 0 Å². The van der Waals surface area contributed by atoms with E-state index in [1.54, 1.807) is 13.3 Å². The summed E-state index contributed by atoms with van der Waals surface area (Å²) in [6.45, 7) is 3.65. The number of pyridine rings is 1. The second-order valence-electron chi connectivity index (χ2n) is 4.88. The number of ether oxygens (including phenoxy) is 1. The van der Waals surface area contributed by atoms with E-state index in [2.05, 4.69) is 27.1 Å². The molecule has 1 aliphatic rings. The predicted octanol–water partition coefficient (Wildman–Crippen LogP) is 2.21. The summed E-state index contributed by atoms with van der Waals surface area (Å²) in [5.74, 6) is 0.824. The van der Waals surface area contributed by atoms with Crippen LogP contribution in [0.25, 0.3) is 11.0 Å². The molecule has 3 rings (SSSR count). The summed E-state index contributed by atoms with van der Waals surface area (Å²) in [5, 5.41) is 1.19. The van der Waals surface area contributed by atoms with Crippen LogP contribution in [0.2, 0.25) is 0 Å². The SMILES string of the molecule is COc1cnc2[nH]cc(CCN3CCCC3)c2c1. The molecule has 3 heterocycles. The summed E-state index contributed by atoms with van der Waals surface area (Å²) >= 11 is 0. The van der Waals surface area contributed by atoms with Crippen LogP contribution in [0.3, 0.4) is 0 Å². The molecule has 4 heteroatoms. The minimum atomic E-state index is 0.824. The fourth-order valence-electron chi connectivity index (χ4n) is 2.64. The molecule has 1 fully saturated rings. The van der Waals surface area contributed by atoms with Crippen LogP contribution in [-0.2, 0) is 6.42 Å². The van der Waals surface area contributed by atoms with Crippen LogP contribution < -0.4 is 4.74 Å². The summed E-state index contributed by atoms with van der Waals surface area (Å²) in [6, 6.07) is 2.07. The Bertz CT molecular complexity index is 529. The minimum absolute atomic E-state index is 0.824. The second kappa shape index (κ2) is 4.98. The van der Waals surface area contributed by atoms with E-state index in [1.165, 1.54) is 36.9 Å². The van der Waals surface area contributed by atoms with E-state index >= 15 is 0 Å². The first-order chi connectivity index (χ1) is 8.86. The molecule has 0 aromatic carbocycles. The van der Waals surface area contributed by atoms with Crippen LogP contribution in [0.1, 0.15) is 18.4 Å². The van der Waals surface area contributed by atoms with Crippen molar-refractivity contribution in [1.29, 1.82) is 0 Å². The molecule has 96 valence electrons. The van der Waals surface area contributed by atoms with Gasteiger partial charge in [0.2, 0.25) is 0 Å². The molecule has 2 aromatic heterocycles. The van der Waals surface area contributed by atoms with Gasteiger partial charge in [-0.05, 0) is 44.0 Å². The van der Waals surface area contributed by atoms with Crippen LogP contribution in [0.15, 0.2) is 18.5 Å². The van der Waals surface area contributed by atoms with Gasteiger partial charge in [-0.3, -0.25) is 0 Å².